The van der Waals surface area contributed by atoms with Crippen LogP contribution in [0.1, 0.15) is 16.1 Å². The zero-order chi connectivity index (χ0) is 14.4. The van der Waals surface area contributed by atoms with Crippen LogP contribution in [0.4, 0.5) is 5.69 Å². The summed E-state index contributed by atoms with van der Waals surface area (Å²) in [5.41, 5.74) is 7.35. The summed E-state index contributed by atoms with van der Waals surface area (Å²) in [7, 11) is 1.63. The molecule has 3 N–H and O–H groups in total. The molecule has 0 unspecified atom stereocenters. The summed E-state index contributed by atoms with van der Waals surface area (Å²) in [6.45, 7) is 1.48. The van der Waals surface area contributed by atoms with Crippen LogP contribution in [0.2, 0.25) is 0 Å². The number of hydrogen-bond acceptors (Lipinski definition) is 5. The molecule has 2 rings (SSSR count). The number of nitrogens with two attached hydrogens (primary N) is 1. The van der Waals surface area contributed by atoms with E-state index in [-0.39, 0.29) is 11.6 Å². The van der Waals surface area contributed by atoms with Gasteiger partial charge in [0.2, 0.25) is 0 Å². The van der Waals surface area contributed by atoms with Crippen molar-refractivity contribution in [2.24, 2.45) is 5.73 Å². The van der Waals surface area contributed by atoms with Crippen molar-refractivity contribution in [3.63, 3.8) is 0 Å². The van der Waals surface area contributed by atoms with E-state index in [1.165, 1.54) is 4.68 Å². The van der Waals surface area contributed by atoms with Crippen molar-refractivity contribution in [3.05, 3.63) is 41.7 Å². The smallest absolute Gasteiger partial charge is 0.277 e. The van der Waals surface area contributed by atoms with E-state index in [9.17, 15) is 4.79 Å². The third-order valence-corrected chi connectivity index (χ3v) is 2.63. The van der Waals surface area contributed by atoms with Crippen molar-refractivity contribution in [1.29, 1.82) is 0 Å². The van der Waals surface area contributed by atoms with Gasteiger partial charge in [0.25, 0.3) is 5.91 Å². The Labute approximate surface area is 116 Å². The van der Waals surface area contributed by atoms with Gasteiger partial charge in [-0.3, -0.25) is 9.48 Å². The Hall–Kier alpha value is -2.25. The highest BCUT2D eigenvalue weighted by molar-refractivity contribution is 6.02. The largest absolute Gasteiger partial charge is 0.380 e. The first-order chi connectivity index (χ1) is 9.72. The molecule has 0 saturated heterocycles. The molecule has 0 spiro atoms. The van der Waals surface area contributed by atoms with Crippen LogP contribution < -0.4 is 11.1 Å². The Bertz CT molecular complexity index is 582. The minimum atomic E-state index is -0.303. The van der Waals surface area contributed by atoms with Crippen molar-refractivity contribution in [2.75, 3.05) is 19.0 Å². The molecule has 1 heterocycles. The Morgan fingerprint density at radius 1 is 1.50 bits per heavy atom. The van der Waals surface area contributed by atoms with Gasteiger partial charge in [-0.05, 0) is 17.7 Å². The number of amides is 1. The molecule has 106 valence electrons. The molecule has 0 aliphatic heterocycles. The number of anilines is 1. The van der Waals surface area contributed by atoms with E-state index in [0.717, 1.165) is 5.56 Å². The predicted octanol–water partition coefficient (Wildman–Crippen LogP) is 0.635. The lowest BCUT2D eigenvalue weighted by molar-refractivity contribution is 0.102. The summed E-state index contributed by atoms with van der Waals surface area (Å²) in [5, 5.41) is 10.4. The topological polar surface area (TPSA) is 95.1 Å². The molecular formula is C13H17N5O2. The number of rotatable bonds is 6. The fourth-order valence-electron chi connectivity index (χ4n) is 1.74. The molecule has 1 aromatic carbocycles. The Kier molecular flexibility index (Phi) is 4.80. The molecule has 0 bridgehead atoms. The van der Waals surface area contributed by atoms with Crippen LogP contribution in [-0.2, 0) is 17.9 Å². The number of ether oxygens (including phenoxy) is 1. The van der Waals surface area contributed by atoms with Crippen molar-refractivity contribution in [2.45, 2.75) is 13.2 Å². The maximum absolute atomic E-state index is 12.0. The molecular weight excluding hydrogens is 258 g/mol. The molecule has 1 aromatic heterocycles. The van der Waals surface area contributed by atoms with Gasteiger partial charge in [-0.2, -0.15) is 0 Å². The molecule has 0 atom stereocenters. The maximum atomic E-state index is 12.0. The van der Waals surface area contributed by atoms with Crippen LogP contribution >= 0.6 is 0 Å². The van der Waals surface area contributed by atoms with E-state index >= 15 is 0 Å². The molecule has 0 radical (unpaired) electrons. The molecule has 2 aromatic rings. The lowest BCUT2D eigenvalue weighted by Gasteiger charge is -2.05. The zero-order valence-electron chi connectivity index (χ0n) is 11.2. The number of nitrogens with one attached hydrogen (secondary N) is 1. The zero-order valence-corrected chi connectivity index (χ0v) is 11.2. The molecule has 0 aliphatic rings. The Balaban J connectivity index is 2.04. The predicted molar refractivity (Wildman–Crippen MR) is 74.2 cm³/mol. The second-order valence-corrected chi connectivity index (χ2v) is 4.24. The van der Waals surface area contributed by atoms with E-state index in [1.807, 2.05) is 18.2 Å². The fraction of sp³-hybridized carbons (Fsp3) is 0.308. The summed E-state index contributed by atoms with van der Waals surface area (Å²) in [5.74, 6) is -0.303. The monoisotopic (exact) mass is 275 g/mol. The van der Waals surface area contributed by atoms with Gasteiger partial charge in [-0.25, -0.2) is 0 Å². The lowest BCUT2D eigenvalue weighted by Crippen LogP contribution is -2.13. The minimum Gasteiger partial charge on any atom is -0.380 e. The standard InChI is InChI=1S/C13H17N5O2/c1-20-9-10-3-2-4-11(7-10)15-13(19)12-8-18(6-5-14)17-16-12/h2-4,7-8H,5-6,9,14H2,1H3,(H,15,19). The van der Waals surface area contributed by atoms with Crippen molar-refractivity contribution < 1.29 is 9.53 Å². The summed E-state index contributed by atoms with van der Waals surface area (Å²) < 4.78 is 6.59. The van der Waals surface area contributed by atoms with Crippen LogP contribution in [0, 0.1) is 0 Å². The first kappa shape index (κ1) is 14.2. The molecule has 7 heteroatoms. The highest BCUT2D eigenvalue weighted by Gasteiger charge is 2.11. The Morgan fingerprint density at radius 2 is 2.35 bits per heavy atom. The van der Waals surface area contributed by atoms with Crippen molar-refractivity contribution in [1.82, 2.24) is 15.0 Å². The van der Waals surface area contributed by atoms with Crippen LogP contribution in [0.3, 0.4) is 0 Å². The van der Waals surface area contributed by atoms with Gasteiger partial charge in [0.15, 0.2) is 5.69 Å². The summed E-state index contributed by atoms with van der Waals surface area (Å²) in [6.07, 6.45) is 1.57. The SMILES string of the molecule is COCc1cccc(NC(=O)c2cn(CCN)nn2)c1. The van der Waals surface area contributed by atoms with E-state index in [0.29, 0.717) is 25.4 Å². The van der Waals surface area contributed by atoms with Crippen LogP contribution in [-0.4, -0.2) is 34.6 Å². The fourth-order valence-corrected chi connectivity index (χ4v) is 1.74. The minimum absolute atomic E-state index is 0.260. The van der Waals surface area contributed by atoms with Gasteiger partial charge in [0.05, 0.1) is 19.3 Å². The van der Waals surface area contributed by atoms with Gasteiger partial charge in [-0.1, -0.05) is 17.3 Å². The number of methoxy groups -OCH3 is 1. The summed E-state index contributed by atoms with van der Waals surface area (Å²) >= 11 is 0. The summed E-state index contributed by atoms with van der Waals surface area (Å²) in [4.78, 5) is 12.0. The van der Waals surface area contributed by atoms with Crippen molar-refractivity contribution in [3.8, 4) is 0 Å². The van der Waals surface area contributed by atoms with Gasteiger partial charge in [-0.15, -0.1) is 5.10 Å². The third-order valence-electron chi connectivity index (χ3n) is 2.63. The molecule has 1 amide bonds. The van der Waals surface area contributed by atoms with Gasteiger partial charge < -0.3 is 15.8 Å². The van der Waals surface area contributed by atoms with Gasteiger partial charge in [0.1, 0.15) is 0 Å². The molecule has 0 fully saturated rings. The number of hydrogen-bond donors (Lipinski definition) is 2. The van der Waals surface area contributed by atoms with E-state index in [1.54, 1.807) is 19.4 Å². The molecule has 7 nitrogen and oxygen atoms in total. The van der Waals surface area contributed by atoms with Crippen LogP contribution in [0.25, 0.3) is 0 Å². The molecule has 20 heavy (non-hydrogen) atoms. The lowest BCUT2D eigenvalue weighted by atomic mass is 10.2. The quantitative estimate of drug-likeness (QED) is 0.806. The van der Waals surface area contributed by atoms with E-state index in [4.69, 9.17) is 10.5 Å². The number of nitrogens with zero attached hydrogens (tertiary/aromatic N) is 3. The number of benzene rings is 1. The molecule has 0 saturated carbocycles. The highest BCUT2D eigenvalue weighted by atomic mass is 16.5. The van der Waals surface area contributed by atoms with Gasteiger partial charge >= 0.3 is 0 Å². The highest BCUT2D eigenvalue weighted by Crippen LogP contribution is 2.12. The number of carbonyl (C=O) groups is 1. The van der Waals surface area contributed by atoms with Crippen LogP contribution in [0.5, 0.6) is 0 Å². The second-order valence-electron chi connectivity index (χ2n) is 4.24. The maximum Gasteiger partial charge on any atom is 0.277 e. The van der Waals surface area contributed by atoms with Crippen molar-refractivity contribution >= 4 is 11.6 Å². The van der Waals surface area contributed by atoms with Gasteiger partial charge in [0, 0.05) is 19.3 Å². The second kappa shape index (κ2) is 6.78. The average molecular weight is 275 g/mol. The number of carbonyl (C=O) groups excluding carboxylic acids is 1. The first-order valence-electron chi connectivity index (χ1n) is 6.22. The number of aromatic nitrogens is 3. The summed E-state index contributed by atoms with van der Waals surface area (Å²) in [6, 6.07) is 7.44. The van der Waals surface area contributed by atoms with E-state index < -0.39 is 0 Å². The van der Waals surface area contributed by atoms with Crippen LogP contribution in [0.15, 0.2) is 30.5 Å². The Morgan fingerprint density at radius 3 is 3.10 bits per heavy atom. The first-order valence-corrected chi connectivity index (χ1v) is 6.22. The van der Waals surface area contributed by atoms with E-state index in [2.05, 4.69) is 15.6 Å². The third kappa shape index (κ3) is 3.62. The normalized spacial score (nSPS) is 10.5. The average Bonchev–Trinajstić information content (AvgIpc) is 2.89. The molecule has 0 aliphatic carbocycles.